The minimum atomic E-state index is -0.881. The summed E-state index contributed by atoms with van der Waals surface area (Å²) >= 11 is 1.50. The summed E-state index contributed by atoms with van der Waals surface area (Å²) in [6.07, 6.45) is 0. The van der Waals surface area contributed by atoms with Gasteiger partial charge in [-0.3, -0.25) is 20.2 Å². The normalized spacial score (nSPS) is 19.1. The van der Waals surface area contributed by atoms with E-state index in [9.17, 15) is 19.7 Å². The highest BCUT2D eigenvalue weighted by atomic mass is 32.2. The fraction of sp³-hybridized carbons (Fsp3) is 0.176. The van der Waals surface area contributed by atoms with Crippen LogP contribution in [0.15, 0.2) is 48.5 Å². The van der Waals surface area contributed by atoms with Crippen molar-refractivity contribution >= 4 is 29.4 Å². The number of carbonyl (C=O) groups is 2. The van der Waals surface area contributed by atoms with E-state index >= 15 is 0 Å². The number of hydrogen-bond donors (Lipinski definition) is 2. The highest BCUT2D eigenvalue weighted by Crippen LogP contribution is 2.33. The van der Waals surface area contributed by atoms with Gasteiger partial charge in [-0.15, -0.1) is 11.8 Å². The molecule has 0 bridgehead atoms. The maximum Gasteiger partial charge on any atom is 0.343 e. The number of hydrogen-bond acceptors (Lipinski definition) is 7. The van der Waals surface area contributed by atoms with Crippen LogP contribution in [0.3, 0.4) is 0 Å². The summed E-state index contributed by atoms with van der Waals surface area (Å²) in [7, 11) is 0. The minimum absolute atomic E-state index is 0.105. The number of esters is 1. The predicted octanol–water partition coefficient (Wildman–Crippen LogP) is 2.60. The number of thioether (sulfide) groups is 1. The SMILES string of the molecule is O=C(Oc1ccc(C2NC(C(=O)O)CS2)cc1)c1ccc([N+](=O)[O-])cc1. The first-order valence-electron chi connectivity index (χ1n) is 7.61. The third-order valence-electron chi connectivity index (χ3n) is 3.79. The number of non-ortho nitro benzene ring substituents is 1. The first-order chi connectivity index (χ1) is 12.4. The Morgan fingerprint density at radius 2 is 1.81 bits per heavy atom. The van der Waals surface area contributed by atoms with Crippen LogP contribution < -0.4 is 10.1 Å². The van der Waals surface area contributed by atoms with Gasteiger partial charge in [0.1, 0.15) is 11.8 Å². The molecular formula is C17H14N2O6S. The average molecular weight is 374 g/mol. The number of aliphatic carboxylic acids is 1. The van der Waals surface area contributed by atoms with Crippen molar-refractivity contribution in [1.29, 1.82) is 0 Å². The number of carboxylic acids is 1. The third-order valence-corrected chi connectivity index (χ3v) is 5.05. The second-order valence-corrected chi connectivity index (χ2v) is 6.67. The minimum Gasteiger partial charge on any atom is -0.480 e. The van der Waals surface area contributed by atoms with E-state index in [-0.39, 0.29) is 16.6 Å². The van der Waals surface area contributed by atoms with Crippen LogP contribution in [0, 0.1) is 10.1 Å². The number of carbonyl (C=O) groups excluding carboxylic acids is 1. The molecule has 0 amide bonds. The van der Waals surface area contributed by atoms with Crippen molar-refractivity contribution in [3.05, 3.63) is 69.8 Å². The van der Waals surface area contributed by atoms with E-state index in [0.29, 0.717) is 11.5 Å². The van der Waals surface area contributed by atoms with Gasteiger partial charge in [-0.2, -0.15) is 0 Å². The summed E-state index contributed by atoms with van der Waals surface area (Å²) in [4.78, 5) is 33.1. The Morgan fingerprint density at radius 3 is 2.35 bits per heavy atom. The van der Waals surface area contributed by atoms with E-state index in [1.165, 1.54) is 36.0 Å². The number of nitro benzene ring substituents is 1. The van der Waals surface area contributed by atoms with Gasteiger partial charge in [-0.1, -0.05) is 12.1 Å². The maximum atomic E-state index is 12.1. The van der Waals surface area contributed by atoms with E-state index in [2.05, 4.69) is 5.32 Å². The topological polar surface area (TPSA) is 119 Å². The number of ether oxygens (including phenoxy) is 1. The maximum absolute atomic E-state index is 12.1. The lowest BCUT2D eigenvalue weighted by Crippen LogP contribution is -2.33. The number of carboxylic acid groups (broad SMARTS) is 1. The molecule has 2 N–H and O–H groups in total. The molecular weight excluding hydrogens is 360 g/mol. The molecule has 1 aliphatic rings. The lowest BCUT2D eigenvalue weighted by Gasteiger charge is -2.12. The van der Waals surface area contributed by atoms with Crippen LogP contribution in [-0.4, -0.2) is 33.8 Å². The molecule has 134 valence electrons. The molecule has 0 aliphatic carbocycles. The molecule has 1 fully saturated rings. The summed E-state index contributed by atoms with van der Waals surface area (Å²) in [5.41, 5.74) is 0.984. The molecule has 8 nitrogen and oxygen atoms in total. The molecule has 0 spiro atoms. The van der Waals surface area contributed by atoms with E-state index in [0.717, 1.165) is 5.56 Å². The van der Waals surface area contributed by atoms with Crippen molar-refractivity contribution in [2.45, 2.75) is 11.4 Å². The smallest absolute Gasteiger partial charge is 0.343 e. The van der Waals surface area contributed by atoms with Crippen molar-refractivity contribution in [2.24, 2.45) is 0 Å². The fourth-order valence-electron chi connectivity index (χ4n) is 2.40. The molecule has 3 rings (SSSR count). The Hall–Kier alpha value is -2.91. The first-order valence-corrected chi connectivity index (χ1v) is 8.66. The molecule has 2 atom stereocenters. The standard InChI is InChI=1S/C17H14N2O6S/c20-16(21)14-9-26-15(18-14)10-3-7-13(8-4-10)25-17(22)11-1-5-12(6-2-11)19(23)24/h1-8,14-15,18H,9H2,(H,20,21). The van der Waals surface area contributed by atoms with Crippen molar-refractivity contribution in [3.8, 4) is 5.75 Å². The Kier molecular flexibility index (Phi) is 5.19. The van der Waals surface area contributed by atoms with Crippen molar-refractivity contribution in [1.82, 2.24) is 5.32 Å². The van der Waals surface area contributed by atoms with Gasteiger partial charge < -0.3 is 9.84 Å². The van der Waals surface area contributed by atoms with Gasteiger partial charge in [0.15, 0.2) is 0 Å². The van der Waals surface area contributed by atoms with Gasteiger partial charge in [-0.05, 0) is 29.8 Å². The monoisotopic (exact) mass is 374 g/mol. The molecule has 1 saturated heterocycles. The van der Waals surface area contributed by atoms with Crippen molar-refractivity contribution < 1.29 is 24.4 Å². The molecule has 0 aromatic heterocycles. The van der Waals surface area contributed by atoms with E-state index in [1.807, 2.05) is 0 Å². The zero-order chi connectivity index (χ0) is 18.7. The van der Waals surface area contributed by atoms with Crippen LogP contribution in [0.5, 0.6) is 5.75 Å². The molecule has 0 radical (unpaired) electrons. The summed E-state index contributed by atoms with van der Waals surface area (Å²) in [6, 6.07) is 11.3. The largest absolute Gasteiger partial charge is 0.480 e. The molecule has 2 aromatic rings. The zero-order valence-corrected chi connectivity index (χ0v) is 14.1. The molecule has 26 heavy (non-hydrogen) atoms. The molecule has 1 heterocycles. The Balaban J connectivity index is 1.63. The molecule has 2 unspecified atom stereocenters. The van der Waals surface area contributed by atoms with Gasteiger partial charge in [0, 0.05) is 17.9 Å². The Bertz CT molecular complexity index is 837. The van der Waals surface area contributed by atoms with E-state index < -0.39 is 22.9 Å². The van der Waals surface area contributed by atoms with Gasteiger partial charge in [0.25, 0.3) is 5.69 Å². The number of nitro groups is 1. The molecule has 2 aromatic carbocycles. The van der Waals surface area contributed by atoms with Crippen LogP contribution in [0.4, 0.5) is 5.69 Å². The third kappa shape index (κ3) is 4.01. The van der Waals surface area contributed by atoms with Gasteiger partial charge in [0.2, 0.25) is 0 Å². The quantitative estimate of drug-likeness (QED) is 0.355. The summed E-state index contributed by atoms with van der Waals surface area (Å²) < 4.78 is 5.25. The van der Waals surface area contributed by atoms with E-state index in [1.54, 1.807) is 24.3 Å². The first kappa shape index (κ1) is 17.9. The van der Waals surface area contributed by atoms with Gasteiger partial charge in [0.05, 0.1) is 15.9 Å². The van der Waals surface area contributed by atoms with Crippen molar-refractivity contribution in [3.63, 3.8) is 0 Å². The summed E-state index contributed by atoms with van der Waals surface area (Å²) in [5.74, 6) is -0.688. The lowest BCUT2D eigenvalue weighted by atomic mass is 10.2. The van der Waals surface area contributed by atoms with E-state index in [4.69, 9.17) is 9.84 Å². The lowest BCUT2D eigenvalue weighted by molar-refractivity contribution is -0.384. The van der Waals surface area contributed by atoms with Crippen LogP contribution in [-0.2, 0) is 4.79 Å². The average Bonchev–Trinajstić information content (AvgIpc) is 3.13. The fourth-order valence-corrected chi connectivity index (χ4v) is 3.64. The Labute approximate surface area is 152 Å². The number of benzene rings is 2. The predicted molar refractivity (Wildman–Crippen MR) is 94.3 cm³/mol. The zero-order valence-electron chi connectivity index (χ0n) is 13.3. The van der Waals surface area contributed by atoms with Crippen LogP contribution in [0.1, 0.15) is 21.3 Å². The highest BCUT2D eigenvalue weighted by Gasteiger charge is 2.30. The summed E-state index contributed by atoms with van der Waals surface area (Å²) in [5, 5.41) is 22.5. The van der Waals surface area contributed by atoms with Crippen LogP contribution in [0.2, 0.25) is 0 Å². The molecule has 9 heteroatoms. The second-order valence-electron chi connectivity index (χ2n) is 5.53. The van der Waals surface area contributed by atoms with Crippen LogP contribution >= 0.6 is 11.8 Å². The number of nitrogens with one attached hydrogen (secondary N) is 1. The molecule has 0 saturated carbocycles. The van der Waals surface area contributed by atoms with Crippen molar-refractivity contribution in [2.75, 3.05) is 5.75 Å². The Morgan fingerprint density at radius 1 is 1.15 bits per heavy atom. The van der Waals surface area contributed by atoms with Crippen LogP contribution in [0.25, 0.3) is 0 Å². The highest BCUT2D eigenvalue weighted by molar-refractivity contribution is 7.99. The number of nitrogens with zero attached hydrogens (tertiary/aromatic N) is 1. The van der Waals surface area contributed by atoms with Gasteiger partial charge in [-0.25, -0.2) is 4.79 Å². The molecule has 1 aliphatic heterocycles. The number of rotatable bonds is 5. The summed E-state index contributed by atoms with van der Waals surface area (Å²) in [6.45, 7) is 0. The van der Waals surface area contributed by atoms with Gasteiger partial charge >= 0.3 is 11.9 Å². The second kappa shape index (κ2) is 7.54.